The molecule has 1 atom stereocenters. The summed E-state index contributed by atoms with van der Waals surface area (Å²) in [5.74, 6) is -0.278. The van der Waals surface area contributed by atoms with Gasteiger partial charge in [-0.15, -0.1) is 0 Å². The first-order chi connectivity index (χ1) is 4.29. The number of ether oxygens (including phenoxy) is 1. The van der Waals surface area contributed by atoms with E-state index in [0.717, 1.165) is 12.8 Å². The van der Waals surface area contributed by atoms with Gasteiger partial charge in [0.2, 0.25) is 6.29 Å². The zero-order valence-corrected chi connectivity index (χ0v) is 5.17. The largest absolute Gasteiger partial charge is 0.436 e. The van der Waals surface area contributed by atoms with Crippen LogP contribution in [0, 0.1) is 0 Å². The van der Waals surface area contributed by atoms with Crippen molar-refractivity contribution in [2.45, 2.75) is 32.0 Å². The molecule has 0 aliphatic carbocycles. The van der Waals surface area contributed by atoms with Gasteiger partial charge in [0.25, 0.3) is 0 Å². The van der Waals surface area contributed by atoms with E-state index in [-0.39, 0.29) is 5.97 Å². The minimum atomic E-state index is -0.847. The van der Waals surface area contributed by atoms with Crippen LogP contribution >= 0.6 is 0 Å². The lowest BCUT2D eigenvalue weighted by Gasteiger charge is -2.05. The molecule has 1 aliphatic rings. The molecule has 9 heavy (non-hydrogen) atoms. The number of hydrogen-bond donors (Lipinski definition) is 1. The standard InChI is InChI=1S/C6H10O3/c7-5-3-1-2-4-6(8)9-5/h5,7H,1-4H2/t5-/m0/s1. The highest BCUT2D eigenvalue weighted by Crippen LogP contribution is 2.11. The van der Waals surface area contributed by atoms with Crippen molar-refractivity contribution in [3.63, 3.8) is 0 Å². The van der Waals surface area contributed by atoms with Gasteiger partial charge < -0.3 is 9.84 Å². The van der Waals surface area contributed by atoms with Gasteiger partial charge in [-0.1, -0.05) is 0 Å². The number of esters is 1. The van der Waals surface area contributed by atoms with Gasteiger partial charge in [-0.3, -0.25) is 4.79 Å². The van der Waals surface area contributed by atoms with Crippen LogP contribution in [-0.2, 0) is 9.53 Å². The van der Waals surface area contributed by atoms with Gasteiger partial charge in [0, 0.05) is 12.8 Å². The van der Waals surface area contributed by atoms with Crippen LogP contribution in [-0.4, -0.2) is 17.4 Å². The van der Waals surface area contributed by atoms with Gasteiger partial charge in [-0.25, -0.2) is 0 Å². The third-order valence-electron chi connectivity index (χ3n) is 1.35. The van der Waals surface area contributed by atoms with E-state index in [1.165, 1.54) is 0 Å². The second kappa shape index (κ2) is 2.82. The highest BCUT2D eigenvalue weighted by Gasteiger charge is 2.14. The van der Waals surface area contributed by atoms with E-state index in [2.05, 4.69) is 4.74 Å². The van der Waals surface area contributed by atoms with Crippen LogP contribution in [0.5, 0.6) is 0 Å². The summed E-state index contributed by atoms with van der Waals surface area (Å²) >= 11 is 0. The van der Waals surface area contributed by atoms with E-state index in [0.29, 0.717) is 12.8 Å². The number of carbonyl (C=O) groups excluding carboxylic acids is 1. The average molecular weight is 130 g/mol. The van der Waals surface area contributed by atoms with E-state index in [4.69, 9.17) is 5.11 Å². The Labute approximate surface area is 53.6 Å². The summed E-state index contributed by atoms with van der Waals surface area (Å²) in [4.78, 5) is 10.5. The van der Waals surface area contributed by atoms with Crippen molar-refractivity contribution >= 4 is 5.97 Å². The SMILES string of the molecule is O=C1CCCC[C@@H](O)O1. The maximum absolute atomic E-state index is 10.5. The van der Waals surface area contributed by atoms with Gasteiger partial charge in [0.15, 0.2) is 0 Å². The lowest BCUT2D eigenvalue weighted by Crippen LogP contribution is -2.13. The fourth-order valence-electron chi connectivity index (χ4n) is 0.858. The van der Waals surface area contributed by atoms with Crippen LogP contribution in [0.15, 0.2) is 0 Å². The fraction of sp³-hybridized carbons (Fsp3) is 0.833. The molecule has 0 aromatic rings. The number of aliphatic hydroxyl groups excluding tert-OH is 1. The molecule has 0 amide bonds. The highest BCUT2D eigenvalue weighted by atomic mass is 16.6. The molecule has 0 aromatic heterocycles. The molecule has 1 saturated heterocycles. The molecule has 0 radical (unpaired) electrons. The molecule has 0 bridgehead atoms. The molecule has 1 fully saturated rings. The third-order valence-corrected chi connectivity index (χ3v) is 1.35. The topological polar surface area (TPSA) is 46.5 Å². The van der Waals surface area contributed by atoms with Crippen LogP contribution in [0.2, 0.25) is 0 Å². The molecule has 0 aromatic carbocycles. The Bertz CT molecular complexity index is 111. The van der Waals surface area contributed by atoms with E-state index in [1.54, 1.807) is 0 Å². The molecular weight excluding hydrogens is 120 g/mol. The summed E-state index contributed by atoms with van der Waals surface area (Å²) in [6.07, 6.45) is 1.92. The molecule has 1 rings (SSSR count). The predicted octanol–water partition coefficient (Wildman–Crippen LogP) is 0.422. The summed E-state index contributed by atoms with van der Waals surface area (Å²) in [6.45, 7) is 0. The quantitative estimate of drug-likeness (QED) is 0.483. The fourth-order valence-corrected chi connectivity index (χ4v) is 0.858. The lowest BCUT2D eigenvalue weighted by atomic mass is 10.2. The molecule has 0 unspecified atom stereocenters. The van der Waals surface area contributed by atoms with Crippen molar-refractivity contribution in [2.24, 2.45) is 0 Å². The first-order valence-corrected chi connectivity index (χ1v) is 3.16. The molecule has 1 N–H and O–H groups in total. The van der Waals surface area contributed by atoms with E-state index < -0.39 is 6.29 Å². The summed E-state index contributed by atoms with van der Waals surface area (Å²) < 4.78 is 4.53. The zero-order chi connectivity index (χ0) is 6.69. The van der Waals surface area contributed by atoms with Gasteiger partial charge in [0.05, 0.1) is 0 Å². The molecule has 52 valence electrons. The number of hydrogen-bond acceptors (Lipinski definition) is 3. The Morgan fingerprint density at radius 3 is 3.11 bits per heavy atom. The molecule has 0 saturated carbocycles. The monoisotopic (exact) mass is 130 g/mol. The Hall–Kier alpha value is -0.570. The van der Waals surface area contributed by atoms with Crippen molar-refractivity contribution < 1.29 is 14.6 Å². The second-order valence-corrected chi connectivity index (χ2v) is 2.19. The van der Waals surface area contributed by atoms with Crippen molar-refractivity contribution in [3.05, 3.63) is 0 Å². The molecular formula is C6H10O3. The van der Waals surface area contributed by atoms with Gasteiger partial charge in [-0.2, -0.15) is 0 Å². The Morgan fingerprint density at radius 1 is 1.56 bits per heavy atom. The van der Waals surface area contributed by atoms with Gasteiger partial charge in [-0.05, 0) is 12.8 Å². The van der Waals surface area contributed by atoms with Gasteiger partial charge >= 0.3 is 5.97 Å². The summed E-state index contributed by atoms with van der Waals surface area (Å²) in [6, 6.07) is 0. The molecule has 3 nitrogen and oxygen atoms in total. The number of aliphatic hydroxyl groups is 1. The first-order valence-electron chi connectivity index (χ1n) is 3.16. The summed E-state index contributed by atoms with van der Waals surface area (Å²) in [7, 11) is 0. The average Bonchev–Trinajstić information content (AvgIpc) is 1.93. The Morgan fingerprint density at radius 2 is 2.33 bits per heavy atom. The predicted molar refractivity (Wildman–Crippen MR) is 30.6 cm³/mol. The van der Waals surface area contributed by atoms with Crippen molar-refractivity contribution in [1.29, 1.82) is 0 Å². The van der Waals surface area contributed by atoms with E-state index in [9.17, 15) is 4.79 Å². The normalized spacial score (nSPS) is 29.0. The van der Waals surface area contributed by atoms with Crippen LogP contribution < -0.4 is 0 Å². The van der Waals surface area contributed by atoms with Crippen LogP contribution in [0.4, 0.5) is 0 Å². The molecule has 1 heterocycles. The first kappa shape index (κ1) is 6.55. The van der Waals surface area contributed by atoms with Crippen molar-refractivity contribution in [2.75, 3.05) is 0 Å². The minimum Gasteiger partial charge on any atom is -0.436 e. The lowest BCUT2D eigenvalue weighted by molar-refractivity contribution is -0.165. The Balaban J connectivity index is 2.37. The Kier molecular flexibility index (Phi) is 2.05. The molecule has 1 aliphatic heterocycles. The van der Waals surface area contributed by atoms with Crippen molar-refractivity contribution in [3.8, 4) is 0 Å². The zero-order valence-electron chi connectivity index (χ0n) is 5.17. The summed E-state index contributed by atoms with van der Waals surface area (Å²) in [5.41, 5.74) is 0. The smallest absolute Gasteiger partial charge is 0.308 e. The van der Waals surface area contributed by atoms with Crippen LogP contribution in [0.25, 0.3) is 0 Å². The number of rotatable bonds is 0. The number of cyclic esters (lactones) is 1. The van der Waals surface area contributed by atoms with Crippen molar-refractivity contribution in [1.82, 2.24) is 0 Å². The van der Waals surface area contributed by atoms with Crippen LogP contribution in [0.3, 0.4) is 0 Å². The van der Waals surface area contributed by atoms with Gasteiger partial charge in [0.1, 0.15) is 0 Å². The highest BCUT2D eigenvalue weighted by molar-refractivity contribution is 5.69. The molecule has 0 spiro atoms. The maximum Gasteiger partial charge on any atom is 0.308 e. The van der Waals surface area contributed by atoms with Crippen LogP contribution in [0.1, 0.15) is 25.7 Å². The van der Waals surface area contributed by atoms with E-state index in [1.807, 2.05) is 0 Å². The number of carbonyl (C=O) groups is 1. The minimum absolute atomic E-state index is 0.278. The second-order valence-electron chi connectivity index (χ2n) is 2.19. The molecule has 3 heteroatoms. The third kappa shape index (κ3) is 2.01. The summed E-state index contributed by atoms with van der Waals surface area (Å²) in [5, 5.41) is 8.82. The van der Waals surface area contributed by atoms with E-state index >= 15 is 0 Å². The maximum atomic E-state index is 10.5.